The summed E-state index contributed by atoms with van der Waals surface area (Å²) >= 11 is 0. The molecule has 3 heterocycles. The number of carbonyl (C=O) groups is 1. The molecule has 0 aliphatic carbocycles. The Morgan fingerprint density at radius 2 is 2.00 bits per heavy atom. The Bertz CT molecular complexity index is 655. The molecule has 0 bridgehead atoms. The van der Waals surface area contributed by atoms with Gasteiger partial charge in [-0.25, -0.2) is 4.98 Å². The lowest BCUT2D eigenvalue weighted by Crippen LogP contribution is -3.10. The standard InChI is InChI=1S/C16H21N3O2/c1-12-6-7-14-17-15(16(20)21)13(19(14)10-12)11-18-8-4-2-3-5-9-18/h6-7,10H,2-5,8-9,11H2,1H3,(H,20,21). The quantitative estimate of drug-likeness (QED) is 0.862. The number of carbonyl (C=O) groups excluding carboxylic acids is 1. The lowest BCUT2D eigenvalue weighted by molar-refractivity contribution is -0.913. The monoisotopic (exact) mass is 287 g/mol. The maximum Gasteiger partial charge on any atom is 0.137 e. The van der Waals surface area contributed by atoms with E-state index in [0.717, 1.165) is 24.3 Å². The van der Waals surface area contributed by atoms with Crippen LogP contribution in [0.1, 0.15) is 47.4 Å². The van der Waals surface area contributed by atoms with Crippen LogP contribution in [0.4, 0.5) is 0 Å². The van der Waals surface area contributed by atoms with E-state index in [2.05, 4.69) is 4.98 Å². The summed E-state index contributed by atoms with van der Waals surface area (Å²) < 4.78 is 1.92. The van der Waals surface area contributed by atoms with Crippen molar-refractivity contribution < 1.29 is 14.8 Å². The molecule has 112 valence electrons. The first-order valence-electron chi connectivity index (χ1n) is 7.67. The minimum absolute atomic E-state index is 0.0948. The Labute approximate surface area is 124 Å². The van der Waals surface area contributed by atoms with Crippen LogP contribution in [0.15, 0.2) is 18.3 Å². The average Bonchev–Trinajstić information content (AvgIpc) is 2.63. The smallest absolute Gasteiger partial charge is 0.137 e. The van der Waals surface area contributed by atoms with E-state index in [1.54, 1.807) is 0 Å². The van der Waals surface area contributed by atoms with Gasteiger partial charge < -0.3 is 14.8 Å². The second-order valence-electron chi connectivity index (χ2n) is 5.97. The third-order valence-electron chi connectivity index (χ3n) is 4.29. The molecule has 5 heteroatoms. The van der Waals surface area contributed by atoms with E-state index in [4.69, 9.17) is 0 Å². The molecule has 1 saturated heterocycles. The summed E-state index contributed by atoms with van der Waals surface area (Å²) in [5.41, 5.74) is 2.64. The van der Waals surface area contributed by atoms with Gasteiger partial charge in [-0.3, -0.25) is 4.40 Å². The second-order valence-corrected chi connectivity index (χ2v) is 5.97. The van der Waals surface area contributed by atoms with Gasteiger partial charge in [-0.05, 0) is 44.2 Å². The van der Waals surface area contributed by atoms with Crippen LogP contribution in [0.25, 0.3) is 5.65 Å². The van der Waals surface area contributed by atoms with Gasteiger partial charge in [0.25, 0.3) is 0 Å². The summed E-state index contributed by atoms with van der Waals surface area (Å²) in [6.45, 7) is 4.91. The SMILES string of the molecule is Cc1ccc2nc(C(=O)[O-])c(C[NH+]3CCCCCC3)n2c1. The zero-order valence-electron chi connectivity index (χ0n) is 12.4. The zero-order chi connectivity index (χ0) is 14.8. The number of aryl methyl sites for hydroxylation is 1. The number of hydrogen-bond acceptors (Lipinski definition) is 3. The third kappa shape index (κ3) is 2.93. The first-order chi connectivity index (χ1) is 10.1. The van der Waals surface area contributed by atoms with Crippen LogP contribution in [0, 0.1) is 6.92 Å². The highest BCUT2D eigenvalue weighted by atomic mass is 16.4. The van der Waals surface area contributed by atoms with E-state index in [9.17, 15) is 9.90 Å². The number of aromatic carboxylic acids is 1. The maximum absolute atomic E-state index is 11.4. The van der Waals surface area contributed by atoms with Gasteiger partial charge >= 0.3 is 0 Å². The highest BCUT2D eigenvalue weighted by Gasteiger charge is 2.20. The van der Waals surface area contributed by atoms with Crippen LogP contribution in [-0.4, -0.2) is 28.4 Å². The Balaban J connectivity index is 1.99. The number of aromatic nitrogens is 2. The van der Waals surface area contributed by atoms with Crippen LogP contribution in [0.2, 0.25) is 0 Å². The van der Waals surface area contributed by atoms with Gasteiger partial charge in [-0.2, -0.15) is 0 Å². The summed E-state index contributed by atoms with van der Waals surface area (Å²) in [6, 6.07) is 3.81. The lowest BCUT2D eigenvalue weighted by Gasteiger charge is -2.17. The Kier molecular flexibility index (Phi) is 3.92. The fraction of sp³-hybridized carbons (Fsp3) is 0.500. The van der Waals surface area contributed by atoms with E-state index < -0.39 is 5.97 Å². The van der Waals surface area contributed by atoms with Gasteiger partial charge in [0.15, 0.2) is 0 Å². The minimum atomic E-state index is -1.18. The van der Waals surface area contributed by atoms with Crippen molar-refractivity contribution in [3.05, 3.63) is 35.3 Å². The predicted molar refractivity (Wildman–Crippen MR) is 77.1 cm³/mol. The maximum atomic E-state index is 11.4. The molecule has 0 aromatic carbocycles. The number of pyridine rings is 1. The van der Waals surface area contributed by atoms with Crippen LogP contribution < -0.4 is 10.0 Å². The molecule has 0 radical (unpaired) electrons. The van der Waals surface area contributed by atoms with E-state index in [0.29, 0.717) is 12.2 Å². The van der Waals surface area contributed by atoms with E-state index >= 15 is 0 Å². The molecule has 1 N–H and O–H groups in total. The molecule has 0 spiro atoms. The Hall–Kier alpha value is -1.88. The number of nitrogens with zero attached hydrogens (tertiary/aromatic N) is 2. The normalized spacial score (nSPS) is 17.0. The molecular weight excluding hydrogens is 266 g/mol. The van der Waals surface area contributed by atoms with Crippen molar-refractivity contribution >= 4 is 11.6 Å². The van der Waals surface area contributed by atoms with Gasteiger partial charge in [0.1, 0.15) is 23.6 Å². The van der Waals surface area contributed by atoms with Gasteiger partial charge in [0.05, 0.1) is 19.1 Å². The molecule has 5 nitrogen and oxygen atoms in total. The summed E-state index contributed by atoms with van der Waals surface area (Å²) in [7, 11) is 0. The van der Waals surface area contributed by atoms with Gasteiger partial charge in [0.2, 0.25) is 0 Å². The summed E-state index contributed by atoms with van der Waals surface area (Å²) in [5, 5.41) is 11.4. The number of rotatable bonds is 3. The van der Waals surface area contributed by atoms with Crippen molar-refractivity contribution in [2.24, 2.45) is 0 Å². The number of quaternary nitrogens is 1. The topological polar surface area (TPSA) is 61.9 Å². The molecule has 1 fully saturated rings. The zero-order valence-corrected chi connectivity index (χ0v) is 12.4. The van der Waals surface area contributed by atoms with Crippen LogP contribution in [0.3, 0.4) is 0 Å². The number of imidazole rings is 1. The van der Waals surface area contributed by atoms with Crippen molar-refractivity contribution in [2.75, 3.05) is 13.1 Å². The van der Waals surface area contributed by atoms with Crippen LogP contribution in [-0.2, 0) is 6.54 Å². The number of carboxylic acids is 1. The summed E-state index contributed by atoms with van der Waals surface area (Å²) in [6.07, 6.45) is 6.95. The van der Waals surface area contributed by atoms with Crippen LogP contribution >= 0.6 is 0 Å². The number of likely N-dealkylation sites (tertiary alicyclic amines) is 1. The third-order valence-corrected chi connectivity index (χ3v) is 4.29. The Morgan fingerprint density at radius 3 is 2.67 bits per heavy atom. The van der Waals surface area contributed by atoms with E-state index in [-0.39, 0.29) is 5.69 Å². The number of hydrogen-bond donors (Lipinski definition) is 1. The highest BCUT2D eigenvalue weighted by Crippen LogP contribution is 2.13. The summed E-state index contributed by atoms with van der Waals surface area (Å²) in [5.74, 6) is -1.18. The molecule has 2 aromatic heterocycles. The van der Waals surface area contributed by atoms with Gasteiger partial charge in [-0.15, -0.1) is 0 Å². The second kappa shape index (κ2) is 5.85. The van der Waals surface area contributed by atoms with Crippen molar-refractivity contribution in [3.63, 3.8) is 0 Å². The van der Waals surface area contributed by atoms with Crippen molar-refractivity contribution in [2.45, 2.75) is 39.2 Å². The fourth-order valence-corrected chi connectivity index (χ4v) is 3.17. The van der Waals surface area contributed by atoms with E-state index in [1.165, 1.54) is 30.6 Å². The molecule has 1 aliphatic heterocycles. The molecule has 0 amide bonds. The van der Waals surface area contributed by atoms with Crippen molar-refractivity contribution in [3.8, 4) is 0 Å². The van der Waals surface area contributed by atoms with Crippen molar-refractivity contribution in [1.82, 2.24) is 9.38 Å². The molecule has 0 unspecified atom stereocenters. The highest BCUT2D eigenvalue weighted by molar-refractivity contribution is 5.86. The largest absolute Gasteiger partial charge is 0.543 e. The molecular formula is C16H21N3O2. The Morgan fingerprint density at radius 1 is 1.29 bits per heavy atom. The van der Waals surface area contributed by atoms with Gasteiger partial charge in [-0.1, -0.05) is 6.07 Å². The molecule has 0 saturated carbocycles. The lowest BCUT2D eigenvalue weighted by atomic mass is 10.2. The fourth-order valence-electron chi connectivity index (χ4n) is 3.17. The number of fused-ring (bicyclic) bond motifs is 1. The van der Waals surface area contributed by atoms with Crippen LogP contribution in [0.5, 0.6) is 0 Å². The minimum Gasteiger partial charge on any atom is -0.543 e. The molecule has 3 rings (SSSR count). The first-order valence-corrected chi connectivity index (χ1v) is 7.67. The first kappa shape index (κ1) is 14.1. The molecule has 21 heavy (non-hydrogen) atoms. The number of nitrogens with one attached hydrogen (secondary N) is 1. The molecule has 1 aliphatic rings. The number of carboxylic acid groups (broad SMARTS) is 1. The predicted octanol–water partition coefficient (Wildman–Crippen LogP) is -0.0349. The van der Waals surface area contributed by atoms with E-state index in [1.807, 2.05) is 29.7 Å². The summed E-state index contributed by atoms with van der Waals surface area (Å²) in [4.78, 5) is 17.1. The molecule has 0 atom stereocenters. The average molecular weight is 287 g/mol. The van der Waals surface area contributed by atoms with Gasteiger partial charge in [0, 0.05) is 6.20 Å². The molecule has 2 aromatic rings. The van der Waals surface area contributed by atoms with Crippen molar-refractivity contribution in [1.29, 1.82) is 0 Å².